The predicted octanol–water partition coefficient (Wildman–Crippen LogP) is 2.71. The van der Waals surface area contributed by atoms with Gasteiger partial charge in [-0.25, -0.2) is 0 Å². The van der Waals surface area contributed by atoms with Gasteiger partial charge in [-0.15, -0.1) is 0 Å². The quantitative estimate of drug-likeness (QED) is 0.815. The Bertz CT molecular complexity index is 736. The molecule has 24 heavy (non-hydrogen) atoms. The van der Waals surface area contributed by atoms with E-state index < -0.39 is 11.4 Å². The van der Waals surface area contributed by atoms with Gasteiger partial charge in [-0.05, 0) is 24.8 Å². The zero-order valence-corrected chi connectivity index (χ0v) is 13.5. The standard InChI is InChI=1S/C18H20N2O4/c1-2-18(17(22)23,13-6-4-3-5-7-13)11-19-16(21)14-10-24-20-15(14)12-8-9-12/h3-7,10,12H,2,8-9,11H2,1H3,(H,19,21)(H,22,23). The van der Waals surface area contributed by atoms with Crippen LogP contribution in [0.1, 0.15) is 53.7 Å². The van der Waals surface area contributed by atoms with E-state index in [1.807, 2.05) is 13.0 Å². The number of carboxylic acid groups (broad SMARTS) is 1. The Balaban J connectivity index is 1.80. The minimum Gasteiger partial charge on any atom is -0.481 e. The molecule has 1 heterocycles. The highest BCUT2D eigenvalue weighted by Crippen LogP contribution is 2.40. The number of carboxylic acids is 1. The Labute approximate surface area is 139 Å². The van der Waals surface area contributed by atoms with Crippen molar-refractivity contribution >= 4 is 11.9 Å². The van der Waals surface area contributed by atoms with Crippen LogP contribution in [0.15, 0.2) is 41.1 Å². The minimum absolute atomic E-state index is 0.0109. The van der Waals surface area contributed by atoms with Crippen LogP contribution in [-0.2, 0) is 10.2 Å². The third-order valence-corrected chi connectivity index (χ3v) is 4.70. The lowest BCUT2D eigenvalue weighted by Gasteiger charge is -2.29. The van der Waals surface area contributed by atoms with Crippen LogP contribution in [0.25, 0.3) is 0 Å². The monoisotopic (exact) mass is 328 g/mol. The van der Waals surface area contributed by atoms with E-state index in [4.69, 9.17) is 4.52 Å². The molecule has 0 saturated heterocycles. The summed E-state index contributed by atoms with van der Waals surface area (Å²) in [5.41, 5.74) is 0.590. The van der Waals surface area contributed by atoms with E-state index in [2.05, 4.69) is 10.5 Å². The van der Waals surface area contributed by atoms with Gasteiger partial charge in [0.2, 0.25) is 0 Å². The fraction of sp³-hybridized carbons (Fsp3) is 0.389. The molecule has 1 unspecified atom stereocenters. The molecular formula is C18H20N2O4. The lowest BCUT2D eigenvalue weighted by atomic mass is 9.78. The summed E-state index contributed by atoms with van der Waals surface area (Å²) in [6, 6.07) is 8.99. The Kier molecular flexibility index (Phi) is 4.38. The fourth-order valence-electron chi connectivity index (χ4n) is 2.93. The van der Waals surface area contributed by atoms with E-state index in [9.17, 15) is 14.7 Å². The molecule has 1 amide bonds. The molecule has 6 heteroatoms. The Hall–Kier alpha value is -2.63. The van der Waals surface area contributed by atoms with Gasteiger partial charge >= 0.3 is 5.97 Å². The number of carbonyl (C=O) groups excluding carboxylic acids is 1. The highest BCUT2D eigenvalue weighted by molar-refractivity contribution is 5.95. The van der Waals surface area contributed by atoms with Gasteiger partial charge in [-0.2, -0.15) is 0 Å². The molecular weight excluding hydrogens is 308 g/mol. The first-order valence-corrected chi connectivity index (χ1v) is 8.10. The van der Waals surface area contributed by atoms with Gasteiger partial charge < -0.3 is 14.9 Å². The second-order valence-electron chi connectivity index (χ2n) is 6.18. The third-order valence-electron chi connectivity index (χ3n) is 4.70. The van der Waals surface area contributed by atoms with Gasteiger partial charge in [0.05, 0.1) is 5.69 Å². The second-order valence-corrected chi connectivity index (χ2v) is 6.18. The topological polar surface area (TPSA) is 92.4 Å². The molecule has 3 rings (SSSR count). The number of hydrogen-bond acceptors (Lipinski definition) is 4. The number of nitrogens with zero attached hydrogens (tertiary/aromatic N) is 1. The fourth-order valence-corrected chi connectivity index (χ4v) is 2.93. The van der Waals surface area contributed by atoms with E-state index in [1.54, 1.807) is 24.3 Å². The summed E-state index contributed by atoms with van der Waals surface area (Å²) in [6.45, 7) is 1.82. The maximum Gasteiger partial charge on any atom is 0.315 e. The number of hydrogen-bond donors (Lipinski definition) is 2. The molecule has 1 saturated carbocycles. The molecule has 0 radical (unpaired) electrons. The summed E-state index contributed by atoms with van der Waals surface area (Å²) in [4.78, 5) is 24.4. The van der Waals surface area contributed by atoms with Crippen molar-refractivity contribution in [1.82, 2.24) is 10.5 Å². The van der Waals surface area contributed by atoms with E-state index in [-0.39, 0.29) is 18.4 Å². The number of nitrogens with one attached hydrogen (secondary N) is 1. The van der Waals surface area contributed by atoms with Crippen molar-refractivity contribution in [3.63, 3.8) is 0 Å². The van der Waals surface area contributed by atoms with Gasteiger partial charge in [0.25, 0.3) is 5.91 Å². The van der Waals surface area contributed by atoms with Crippen LogP contribution >= 0.6 is 0 Å². The summed E-state index contributed by atoms with van der Waals surface area (Å²) in [5, 5.41) is 16.5. The molecule has 126 valence electrons. The second kappa shape index (κ2) is 6.47. The number of carbonyl (C=O) groups is 2. The average molecular weight is 328 g/mol. The number of amides is 1. The largest absolute Gasteiger partial charge is 0.481 e. The van der Waals surface area contributed by atoms with E-state index in [1.165, 1.54) is 6.26 Å². The first kappa shape index (κ1) is 16.2. The number of aromatic nitrogens is 1. The number of rotatable bonds is 7. The van der Waals surface area contributed by atoms with E-state index >= 15 is 0 Å². The molecule has 1 aliphatic rings. The molecule has 0 bridgehead atoms. The molecule has 1 aromatic heterocycles. The van der Waals surface area contributed by atoms with Crippen LogP contribution in [0, 0.1) is 0 Å². The van der Waals surface area contributed by atoms with Crippen LogP contribution < -0.4 is 5.32 Å². The summed E-state index contributed by atoms with van der Waals surface area (Å²) in [5.74, 6) is -1.01. The van der Waals surface area contributed by atoms with Gasteiger partial charge in [-0.3, -0.25) is 9.59 Å². The molecule has 0 spiro atoms. The van der Waals surface area contributed by atoms with E-state index in [0.717, 1.165) is 12.8 Å². The average Bonchev–Trinajstić information content (AvgIpc) is 3.33. The Morgan fingerprint density at radius 3 is 2.62 bits per heavy atom. The van der Waals surface area contributed by atoms with Crippen LogP contribution in [0.2, 0.25) is 0 Å². The first-order valence-electron chi connectivity index (χ1n) is 8.10. The van der Waals surface area contributed by atoms with Crippen molar-refractivity contribution in [3.05, 3.63) is 53.4 Å². The van der Waals surface area contributed by atoms with E-state index in [0.29, 0.717) is 23.2 Å². The Morgan fingerprint density at radius 1 is 1.33 bits per heavy atom. The van der Waals surface area contributed by atoms with Crippen LogP contribution in [0.4, 0.5) is 0 Å². The molecule has 2 aromatic rings. The van der Waals surface area contributed by atoms with Crippen LogP contribution in [0.5, 0.6) is 0 Å². The van der Waals surface area contributed by atoms with Crippen LogP contribution in [0.3, 0.4) is 0 Å². The maximum absolute atomic E-state index is 12.5. The smallest absolute Gasteiger partial charge is 0.315 e. The molecule has 1 aliphatic carbocycles. The normalized spacial score (nSPS) is 16.4. The zero-order chi connectivity index (χ0) is 17.2. The first-order chi connectivity index (χ1) is 11.6. The molecule has 2 N–H and O–H groups in total. The van der Waals surface area contributed by atoms with Gasteiger partial charge in [0, 0.05) is 12.5 Å². The lowest BCUT2D eigenvalue weighted by Crippen LogP contribution is -2.46. The molecule has 6 nitrogen and oxygen atoms in total. The number of benzene rings is 1. The highest BCUT2D eigenvalue weighted by atomic mass is 16.5. The van der Waals surface area contributed by atoms with Crippen molar-refractivity contribution in [2.45, 2.75) is 37.5 Å². The minimum atomic E-state index is -1.16. The highest BCUT2D eigenvalue weighted by Gasteiger charge is 2.39. The summed E-state index contributed by atoms with van der Waals surface area (Å²) < 4.78 is 4.93. The molecule has 0 aliphatic heterocycles. The number of aliphatic carboxylic acids is 1. The predicted molar refractivity (Wildman–Crippen MR) is 86.9 cm³/mol. The van der Waals surface area contributed by atoms with Crippen molar-refractivity contribution in [3.8, 4) is 0 Å². The van der Waals surface area contributed by atoms with Gasteiger partial charge in [0.15, 0.2) is 0 Å². The van der Waals surface area contributed by atoms with Crippen molar-refractivity contribution in [2.75, 3.05) is 6.54 Å². The maximum atomic E-state index is 12.5. The van der Waals surface area contributed by atoms with Crippen LogP contribution in [-0.4, -0.2) is 28.7 Å². The van der Waals surface area contributed by atoms with Crippen molar-refractivity contribution in [2.24, 2.45) is 0 Å². The molecule has 1 aromatic carbocycles. The third kappa shape index (κ3) is 2.91. The molecule has 1 fully saturated rings. The van der Waals surface area contributed by atoms with Gasteiger partial charge in [0.1, 0.15) is 17.2 Å². The van der Waals surface area contributed by atoms with Crippen molar-refractivity contribution < 1.29 is 19.2 Å². The van der Waals surface area contributed by atoms with Gasteiger partial charge in [-0.1, -0.05) is 42.4 Å². The SMILES string of the molecule is CCC(CNC(=O)c1conc1C1CC1)(C(=O)O)c1ccccc1. The van der Waals surface area contributed by atoms with Crippen molar-refractivity contribution in [1.29, 1.82) is 0 Å². The summed E-state index contributed by atoms with van der Waals surface area (Å²) in [6.07, 6.45) is 3.71. The molecule has 1 atom stereocenters. The zero-order valence-electron chi connectivity index (χ0n) is 13.5. The lowest BCUT2D eigenvalue weighted by molar-refractivity contribution is -0.143. The summed E-state index contributed by atoms with van der Waals surface area (Å²) in [7, 11) is 0. The Morgan fingerprint density at radius 2 is 2.04 bits per heavy atom. The summed E-state index contributed by atoms with van der Waals surface area (Å²) >= 11 is 0.